The van der Waals surface area contributed by atoms with Crippen molar-refractivity contribution in [1.29, 1.82) is 0 Å². The molecule has 3 aromatic rings. The van der Waals surface area contributed by atoms with Crippen molar-refractivity contribution in [2.45, 2.75) is 12.8 Å². The van der Waals surface area contributed by atoms with Crippen molar-refractivity contribution >= 4 is 23.1 Å². The topological polar surface area (TPSA) is 114 Å². The van der Waals surface area contributed by atoms with Crippen LogP contribution in [0.3, 0.4) is 0 Å². The molecule has 1 fully saturated rings. The van der Waals surface area contributed by atoms with E-state index in [1.165, 1.54) is 6.07 Å². The first-order valence-electron chi connectivity index (χ1n) is 9.75. The molecule has 31 heavy (non-hydrogen) atoms. The molecule has 10 heteroatoms. The van der Waals surface area contributed by atoms with Gasteiger partial charge in [0.2, 0.25) is 11.7 Å². The fourth-order valence-electron chi connectivity index (χ4n) is 3.54. The summed E-state index contributed by atoms with van der Waals surface area (Å²) >= 11 is 0. The third-order valence-corrected chi connectivity index (χ3v) is 5.15. The highest BCUT2D eigenvalue weighted by Gasteiger charge is 2.27. The molecule has 0 bridgehead atoms. The standard InChI is InChI=1S/C21H19FN6O3/c22-17-4-3-16(12-19(17)28(30)31)24-21(29)15-2-1-11-27(13-15)20-6-5-18(25-26-20)14-7-9-23-10-8-14/h3-10,12,15H,1-2,11,13H2,(H,24,29). The van der Waals surface area contributed by atoms with Gasteiger partial charge in [0.25, 0.3) is 0 Å². The molecule has 1 unspecified atom stereocenters. The van der Waals surface area contributed by atoms with Crippen molar-refractivity contribution < 1.29 is 14.1 Å². The van der Waals surface area contributed by atoms with E-state index in [1.807, 2.05) is 29.2 Å². The maximum Gasteiger partial charge on any atom is 0.306 e. The SMILES string of the molecule is O=C(Nc1ccc(F)c([N+](=O)[O-])c1)C1CCCN(c2ccc(-c3ccncc3)nn2)C1. The molecule has 1 N–H and O–H groups in total. The van der Waals surface area contributed by atoms with Gasteiger partial charge in [-0.15, -0.1) is 10.2 Å². The Morgan fingerprint density at radius 3 is 2.68 bits per heavy atom. The van der Waals surface area contributed by atoms with Crippen LogP contribution in [-0.4, -0.2) is 39.1 Å². The van der Waals surface area contributed by atoms with Crippen LogP contribution in [0.4, 0.5) is 21.6 Å². The molecule has 2 aromatic heterocycles. The van der Waals surface area contributed by atoms with Gasteiger partial charge in [-0.05, 0) is 49.2 Å². The van der Waals surface area contributed by atoms with E-state index in [2.05, 4.69) is 20.5 Å². The zero-order valence-corrected chi connectivity index (χ0v) is 16.4. The lowest BCUT2D eigenvalue weighted by Gasteiger charge is -2.32. The summed E-state index contributed by atoms with van der Waals surface area (Å²) in [5, 5.41) is 22.1. The number of hydrogen-bond acceptors (Lipinski definition) is 7. The van der Waals surface area contributed by atoms with Gasteiger partial charge in [0.1, 0.15) is 0 Å². The van der Waals surface area contributed by atoms with Gasteiger partial charge in [-0.3, -0.25) is 19.9 Å². The van der Waals surface area contributed by atoms with Crippen molar-refractivity contribution in [3.8, 4) is 11.3 Å². The summed E-state index contributed by atoms with van der Waals surface area (Å²) in [5.41, 5.74) is 1.16. The van der Waals surface area contributed by atoms with Gasteiger partial charge < -0.3 is 10.2 Å². The number of piperidine rings is 1. The number of carbonyl (C=O) groups excluding carboxylic acids is 1. The molecular formula is C21H19FN6O3. The van der Waals surface area contributed by atoms with E-state index in [1.54, 1.807) is 12.4 Å². The second kappa shape index (κ2) is 8.82. The summed E-state index contributed by atoms with van der Waals surface area (Å²) in [5.74, 6) is -0.875. The number of nitrogens with zero attached hydrogens (tertiary/aromatic N) is 5. The lowest BCUT2D eigenvalue weighted by atomic mass is 9.97. The van der Waals surface area contributed by atoms with Crippen molar-refractivity contribution in [2.75, 3.05) is 23.3 Å². The minimum atomic E-state index is -0.944. The summed E-state index contributed by atoms with van der Waals surface area (Å²) < 4.78 is 13.5. The van der Waals surface area contributed by atoms with Gasteiger partial charge in [0.15, 0.2) is 5.82 Å². The number of nitro benzene ring substituents is 1. The number of benzene rings is 1. The largest absolute Gasteiger partial charge is 0.354 e. The molecule has 0 saturated carbocycles. The predicted molar refractivity (Wildman–Crippen MR) is 112 cm³/mol. The number of rotatable bonds is 5. The Morgan fingerprint density at radius 1 is 1.16 bits per heavy atom. The number of pyridine rings is 1. The van der Waals surface area contributed by atoms with E-state index in [9.17, 15) is 19.3 Å². The van der Waals surface area contributed by atoms with E-state index in [-0.39, 0.29) is 17.5 Å². The highest BCUT2D eigenvalue weighted by Crippen LogP contribution is 2.26. The summed E-state index contributed by atoms with van der Waals surface area (Å²) in [6, 6.07) is 10.8. The molecule has 9 nitrogen and oxygen atoms in total. The van der Waals surface area contributed by atoms with Crippen molar-refractivity contribution in [3.63, 3.8) is 0 Å². The highest BCUT2D eigenvalue weighted by molar-refractivity contribution is 5.93. The fourth-order valence-corrected chi connectivity index (χ4v) is 3.54. The summed E-state index contributed by atoms with van der Waals surface area (Å²) in [6.07, 6.45) is 4.84. The van der Waals surface area contributed by atoms with Crippen LogP contribution in [0, 0.1) is 21.8 Å². The number of hydrogen-bond donors (Lipinski definition) is 1. The number of nitro groups is 1. The summed E-state index contributed by atoms with van der Waals surface area (Å²) in [6.45, 7) is 1.19. The van der Waals surface area contributed by atoms with E-state index < -0.39 is 16.4 Å². The lowest BCUT2D eigenvalue weighted by Crippen LogP contribution is -2.41. The molecular weight excluding hydrogens is 403 g/mol. The van der Waals surface area contributed by atoms with Gasteiger partial charge in [-0.1, -0.05) is 0 Å². The molecule has 0 spiro atoms. The quantitative estimate of drug-likeness (QED) is 0.495. The Kier molecular flexibility index (Phi) is 5.78. The number of anilines is 2. The molecule has 1 atom stereocenters. The van der Waals surface area contributed by atoms with Crippen molar-refractivity contribution in [3.05, 3.63) is 70.8 Å². The number of amides is 1. The Hall–Kier alpha value is -3.95. The molecule has 1 aliphatic heterocycles. The Labute approximate surface area is 177 Å². The molecule has 1 aromatic carbocycles. The molecule has 1 aliphatic rings. The second-order valence-electron chi connectivity index (χ2n) is 7.21. The van der Waals surface area contributed by atoms with Crippen LogP contribution in [0.5, 0.6) is 0 Å². The first-order valence-corrected chi connectivity index (χ1v) is 9.75. The molecule has 0 radical (unpaired) electrons. The second-order valence-corrected chi connectivity index (χ2v) is 7.21. The summed E-state index contributed by atoms with van der Waals surface area (Å²) in [4.78, 5) is 28.8. The Balaban J connectivity index is 1.43. The number of carbonyl (C=O) groups is 1. The van der Waals surface area contributed by atoms with Crippen molar-refractivity contribution in [2.24, 2.45) is 5.92 Å². The number of halogens is 1. The first kappa shape index (κ1) is 20.3. The van der Waals surface area contributed by atoms with Crippen LogP contribution in [0.15, 0.2) is 54.9 Å². The average molecular weight is 422 g/mol. The van der Waals surface area contributed by atoms with Crippen LogP contribution in [0.25, 0.3) is 11.3 Å². The minimum Gasteiger partial charge on any atom is -0.354 e. The predicted octanol–water partition coefficient (Wildman–Crippen LogP) is 3.44. The third-order valence-electron chi connectivity index (χ3n) is 5.15. The Bertz CT molecular complexity index is 1090. The fraction of sp³-hybridized carbons (Fsp3) is 0.238. The zero-order chi connectivity index (χ0) is 21.8. The van der Waals surface area contributed by atoms with E-state index in [0.29, 0.717) is 18.8 Å². The lowest BCUT2D eigenvalue weighted by molar-refractivity contribution is -0.387. The van der Waals surface area contributed by atoms with Gasteiger partial charge >= 0.3 is 5.69 Å². The maximum atomic E-state index is 13.5. The number of aromatic nitrogens is 3. The minimum absolute atomic E-state index is 0.191. The zero-order valence-electron chi connectivity index (χ0n) is 16.4. The monoisotopic (exact) mass is 422 g/mol. The van der Waals surface area contributed by atoms with Gasteiger partial charge in [-0.25, -0.2) is 0 Å². The molecule has 158 valence electrons. The molecule has 0 aliphatic carbocycles. The molecule has 3 heterocycles. The van der Waals surface area contributed by atoms with Crippen LogP contribution >= 0.6 is 0 Å². The highest BCUT2D eigenvalue weighted by atomic mass is 19.1. The molecule has 1 amide bonds. The molecule has 4 rings (SSSR count). The van der Waals surface area contributed by atoms with Crippen LogP contribution in [-0.2, 0) is 4.79 Å². The average Bonchev–Trinajstić information content (AvgIpc) is 2.81. The maximum absolute atomic E-state index is 13.5. The smallest absolute Gasteiger partial charge is 0.306 e. The molecule has 1 saturated heterocycles. The summed E-state index contributed by atoms with van der Waals surface area (Å²) in [7, 11) is 0. The van der Waals surface area contributed by atoms with Gasteiger partial charge in [-0.2, -0.15) is 4.39 Å². The first-order chi connectivity index (χ1) is 15.0. The van der Waals surface area contributed by atoms with Crippen LogP contribution in [0.2, 0.25) is 0 Å². The van der Waals surface area contributed by atoms with Gasteiger partial charge in [0.05, 0.1) is 16.5 Å². The normalized spacial score (nSPS) is 16.0. The number of nitrogens with one attached hydrogen (secondary N) is 1. The van der Waals surface area contributed by atoms with E-state index >= 15 is 0 Å². The van der Waals surface area contributed by atoms with E-state index in [4.69, 9.17) is 0 Å². The van der Waals surface area contributed by atoms with E-state index in [0.717, 1.165) is 36.4 Å². The van der Waals surface area contributed by atoms with Crippen LogP contribution in [0.1, 0.15) is 12.8 Å². The van der Waals surface area contributed by atoms with Gasteiger partial charge in [0, 0.05) is 42.8 Å². The Morgan fingerprint density at radius 2 is 1.97 bits per heavy atom. The third kappa shape index (κ3) is 4.63. The van der Waals surface area contributed by atoms with Crippen molar-refractivity contribution in [1.82, 2.24) is 15.2 Å². The van der Waals surface area contributed by atoms with Crippen LogP contribution < -0.4 is 10.2 Å².